The number of nitrogens with zero attached hydrogens (tertiary/aromatic N) is 4. The average molecular weight is 441 g/mol. The number of nitrogens with two attached hydrogens (primary N) is 1. The highest BCUT2D eigenvalue weighted by Gasteiger charge is 2.56. The Morgan fingerprint density at radius 3 is 2.71 bits per heavy atom. The molecule has 2 aromatic heterocycles. The molecule has 0 amide bonds. The standard InChI is InChI=1S/C20H23F4N5O2/c1-10-9-30-11(2)8-29(10)17-5-14(27-16(28-17)4-13-6-20(13,23)24)12-3-15(31-19(21)22)18(25)26-7-12/h3,5,7,10-11,13,19H,4,6,8-9H2,1-2H3,(H2,25,26)/t10-,11-,13?/m0/s1. The summed E-state index contributed by atoms with van der Waals surface area (Å²) in [6.07, 6.45) is 1.16. The van der Waals surface area contributed by atoms with Crippen LogP contribution in [0.2, 0.25) is 0 Å². The molecule has 2 aliphatic rings. The second kappa shape index (κ2) is 8.10. The number of anilines is 2. The van der Waals surface area contributed by atoms with Crippen molar-refractivity contribution in [1.29, 1.82) is 0 Å². The molecule has 1 saturated heterocycles. The minimum absolute atomic E-state index is 0.0106. The molecule has 1 unspecified atom stereocenters. The van der Waals surface area contributed by atoms with Crippen LogP contribution in [0.1, 0.15) is 26.1 Å². The van der Waals surface area contributed by atoms with Crippen molar-refractivity contribution >= 4 is 11.6 Å². The first-order valence-corrected chi connectivity index (χ1v) is 9.97. The molecule has 4 rings (SSSR count). The van der Waals surface area contributed by atoms with E-state index in [2.05, 4.69) is 19.7 Å². The summed E-state index contributed by atoms with van der Waals surface area (Å²) in [5.41, 5.74) is 6.35. The SMILES string of the molecule is C[C@H]1CN(c2cc(-c3cnc(N)c(OC(F)F)c3)nc(CC3CC3(F)F)n2)[C@@H](C)CO1. The van der Waals surface area contributed by atoms with E-state index >= 15 is 0 Å². The van der Waals surface area contributed by atoms with Crippen molar-refractivity contribution in [2.75, 3.05) is 23.8 Å². The molecule has 168 valence electrons. The van der Waals surface area contributed by atoms with E-state index in [-0.39, 0.29) is 42.4 Å². The zero-order valence-corrected chi connectivity index (χ0v) is 17.1. The van der Waals surface area contributed by atoms with Gasteiger partial charge in [-0.15, -0.1) is 0 Å². The van der Waals surface area contributed by atoms with Gasteiger partial charge < -0.3 is 20.1 Å². The summed E-state index contributed by atoms with van der Waals surface area (Å²) in [7, 11) is 0. The third kappa shape index (κ3) is 4.81. The van der Waals surface area contributed by atoms with Crippen LogP contribution < -0.4 is 15.4 Å². The summed E-state index contributed by atoms with van der Waals surface area (Å²) in [4.78, 5) is 14.9. The van der Waals surface area contributed by atoms with Crippen molar-refractivity contribution < 1.29 is 27.0 Å². The molecule has 2 N–H and O–H groups in total. The van der Waals surface area contributed by atoms with Crippen molar-refractivity contribution in [2.45, 2.75) is 51.4 Å². The number of morpholine rings is 1. The first kappa shape index (κ1) is 21.5. The van der Waals surface area contributed by atoms with Gasteiger partial charge in [0.1, 0.15) is 11.6 Å². The minimum Gasteiger partial charge on any atom is -0.431 e. The molecule has 0 spiro atoms. The molecule has 0 radical (unpaired) electrons. The van der Waals surface area contributed by atoms with Gasteiger partial charge in [-0.3, -0.25) is 0 Å². The lowest BCUT2D eigenvalue weighted by Crippen LogP contribution is -2.47. The molecule has 0 bridgehead atoms. The summed E-state index contributed by atoms with van der Waals surface area (Å²) < 4.78 is 62.5. The molecule has 7 nitrogen and oxygen atoms in total. The third-order valence-electron chi connectivity index (χ3n) is 5.44. The number of hydrogen-bond acceptors (Lipinski definition) is 7. The van der Waals surface area contributed by atoms with Crippen LogP contribution in [-0.2, 0) is 11.2 Å². The number of rotatable bonds is 6. The number of halogens is 4. The molecule has 1 aliphatic carbocycles. The average Bonchev–Trinajstić information content (AvgIpc) is 3.30. The predicted octanol–water partition coefficient (Wildman–Crippen LogP) is 3.53. The van der Waals surface area contributed by atoms with Crippen molar-refractivity contribution in [3.8, 4) is 17.0 Å². The molecule has 31 heavy (non-hydrogen) atoms. The van der Waals surface area contributed by atoms with Gasteiger partial charge in [0.25, 0.3) is 5.92 Å². The maximum absolute atomic E-state index is 13.5. The van der Waals surface area contributed by atoms with Gasteiger partial charge in [0.2, 0.25) is 0 Å². The number of pyridine rings is 1. The Bertz CT molecular complexity index is 961. The van der Waals surface area contributed by atoms with Crippen molar-refractivity contribution in [3.05, 3.63) is 24.2 Å². The van der Waals surface area contributed by atoms with Crippen molar-refractivity contribution in [2.24, 2.45) is 5.92 Å². The number of nitrogen functional groups attached to an aromatic ring is 1. The van der Waals surface area contributed by atoms with Gasteiger partial charge in [-0.1, -0.05) is 0 Å². The van der Waals surface area contributed by atoms with Crippen molar-refractivity contribution in [1.82, 2.24) is 15.0 Å². The van der Waals surface area contributed by atoms with Crippen LogP contribution in [0.4, 0.5) is 29.2 Å². The van der Waals surface area contributed by atoms with E-state index in [0.717, 1.165) is 0 Å². The second-order valence-electron chi connectivity index (χ2n) is 8.03. The normalized spacial score (nSPS) is 25.0. The fourth-order valence-corrected chi connectivity index (χ4v) is 3.59. The molecular formula is C20H23F4N5O2. The molecule has 2 fully saturated rings. The van der Waals surface area contributed by atoms with E-state index in [1.54, 1.807) is 6.07 Å². The second-order valence-corrected chi connectivity index (χ2v) is 8.03. The lowest BCUT2D eigenvalue weighted by Gasteiger charge is -2.37. The lowest BCUT2D eigenvalue weighted by atomic mass is 10.1. The Labute approximate surface area is 176 Å². The highest BCUT2D eigenvalue weighted by atomic mass is 19.3. The van der Waals surface area contributed by atoms with Crippen LogP contribution in [0.25, 0.3) is 11.3 Å². The van der Waals surface area contributed by atoms with Crippen LogP contribution in [0.15, 0.2) is 18.3 Å². The van der Waals surface area contributed by atoms with Crippen LogP contribution in [0.3, 0.4) is 0 Å². The molecule has 1 saturated carbocycles. The Morgan fingerprint density at radius 2 is 2.03 bits per heavy atom. The minimum atomic E-state index is -3.07. The molecule has 2 aromatic rings. The van der Waals surface area contributed by atoms with E-state index in [0.29, 0.717) is 30.2 Å². The van der Waals surface area contributed by atoms with Crippen molar-refractivity contribution in [3.63, 3.8) is 0 Å². The van der Waals surface area contributed by atoms with Crippen LogP contribution in [0.5, 0.6) is 5.75 Å². The first-order valence-electron chi connectivity index (χ1n) is 9.97. The molecule has 3 heterocycles. The van der Waals surface area contributed by atoms with Gasteiger partial charge in [-0.05, 0) is 19.9 Å². The number of hydrogen-bond donors (Lipinski definition) is 1. The predicted molar refractivity (Wildman–Crippen MR) is 105 cm³/mol. The summed E-state index contributed by atoms with van der Waals surface area (Å²) in [6.45, 7) is 1.90. The lowest BCUT2D eigenvalue weighted by molar-refractivity contribution is -0.0494. The Balaban J connectivity index is 1.73. The van der Waals surface area contributed by atoms with E-state index in [9.17, 15) is 17.6 Å². The van der Waals surface area contributed by atoms with Gasteiger partial charge in [0.15, 0.2) is 11.6 Å². The number of aromatic nitrogens is 3. The van der Waals surface area contributed by atoms with Crippen LogP contribution >= 0.6 is 0 Å². The smallest absolute Gasteiger partial charge is 0.387 e. The molecule has 1 aliphatic heterocycles. The first-order chi connectivity index (χ1) is 14.6. The fourth-order valence-electron chi connectivity index (χ4n) is 3.59. The summed E-state index contributed by atoms with van der Waals surface area (Å²) >= 11 is 0. The topological polar surface area (TPSA) is 86.4 Å². The summed E-state index contributed by atoms with van der Waals surface area (Å²) in [5.74, 6) is -3.17. The highest BCUT2D eigenvalue weighted by molar-refractivity contribution is 5.66. The van der Waals surface area contributed by atoms with Crippen LogP contribution in [0, 0.1) is 5.92 Å². The van der Waals surface area contributed by atoms with E-state index < -0.39 is 18.5 Å². The van der Waals surface area contributed by atoms with Gasteiger partial charge in [-0.2, -0.15) is 8.78 Å². The Kier molecular flexibility index (Phi) is 5.63. The Morgan fingerprint density at radius 1 is 1.29 bits per heavy atom. The van der Waals surface area contributed by atoms with Gasteiger partial charge >= 0.3 is 6.61 Å². The van der Waals surface area contributed by atoms with E-state index in [1.807, 2.05) is 18.7 Å². The Hall–Kier alpha value is -2.69. The van der Waals surface area contributed by atoms with Gasteiger partial charge in [0.05, 0.1) is 24.4 Å². The fraction of sp³-hybridized carbons (Fsp3) is 0.550. The molecule has 0 aromatic carbocycles. The maximum Gasteiger partial charge on any atom is 0.387 e. The third-order valence-corrected chi connectivity index (χ3v) is 5.44. The summed E-state index contributed by atoms with van der Waals surface area (Å²) in [6, 6.07) is 3.00. The van der Waals surface area contributed by atoms with E-state index in [1.165, 1.54) is 12.3 Å². The van der Waals surface area contributed by atoms with E-state index in [4.69, 9.17) is 10.5 Å². The largest absolute Gasteiger partial charge is 0.431 e. The summed E-state index contributed by atoms with van der Waals surface area (Å²) in [5, 5.41) is 0. The number of ether oxygens (including phenoxy) is 2. The quantitative estimate of drug-likeness (QED) is 0.687. The monoisotopic (exact) mass is 441 g/mol. The number of alkyl halides is 4. The maximum atomic E-state index is 13.5. The van der Waals surface area contributed by atoms with Gasteiger partial charge in [-0.25, -0.2) is 23.7 Å². The zero-order chi connectivity index (χ0) is 22.3. The zero-order valence-electron chi connectivity index (χ0n) is 17.1. The van der Waals surface area contributed by atoms with Crippen LogP contribution in [-0.4, -0.2) is 52.8 Å². The molecule has 3 atom stereocenters. The van der Waals surface area contributed by atoms with Gasteiger partial charge in [0, 0.05) is 43.1 Å². The highest BCUT2D eigenvalue weighted by Crippen LogP contribution is 2.50. The molecular weight excluding hydrogens is 418 g/mol. The molecule has 11 heteroatoms.